The molecular weight excluding hydrogens is 379 g/mol. The zero-order chi connectivity index (χ0) is 20.0. The number of nitrogens with zero attached hydrogens (tertiary/aromatic N) is 1. The molecule has 0 saturated heterocycles. The number of nitrogens with one attached hydrogen (secondary N) is 2. The maximum Gasteiger partial charge on any atom is 0.417 e. The van der Waals surface area contributed by atoms with E-state index in [4.69, 9.17) is 0 Å². The van der Waals surface area contributed by atoms with Gasteiger partial charge in [-0.15, -0.1) is 0 Å². The number of thioether (sulfide) groups is 1. The lowest BCUT2D eigenvalue weighted by molar-refractivity contribution is -0.137. The van der Waals surface area contributed by atoms with Crippen LogP contribution in [-0.4, -0.2) is 22.6 Å². The van der Waals surface area contributed by atoms with Gasteiger partial charge in [-0.3, -0.25) is 9.59 Å². The van der Waals surface area contributed by atoms with Gasteiger partial charge in [0.1, 0.15) is 0 Å². The Morgan fingerprint density at radius 2 is 1.63 bits per heavy atom. The molecule has 0 saturated carbocycles. The summed E-state index contributed by atoms with van der Waals surface area (Å²) >= 11 is 1.03. The quantitative estimate of drug-likeness (QED) is 0.708. The third-order valence-electron chi connectivity index (χ3n) is 3.38. The third kappa shape index (κ3) is 6.59. The summed E-state index contributed by atoms with van der Waals surface area (Å²) in [5.41, 5.74) is 0.333. The third-order valence-corrected chi connectivity index (χ3v) is 4.32. The second-order valence-electron chi connectivity index (χ2n) is 5.94. The number of rotatable bonds is 6. The first-order valence-corrected chi connectivity index (χ1v) is 9.00. The summed E-state index contributed by atoms with van der Waals surface area (Å²) in [5.74, 6) is -0.558. The number of carbonyl (C=O) groups is 2. The first-order chi connectivity index (χ1) is 12.6. The molecule has 0 atom stereocenters. The van der Waals surface area contributed by atoms with Crippen molar-refractivity contribution in [1.82, 2.24) is 4.98 Å². The van der Waals surface area contributed by atoms with E-state index in [9.17, 15) is 22.8 Å². The summed E-state index contributed by atoms with van der Waals surface area (Å²) in [7, 11) is 0. The zero-order valence-corrected chi connectivity index (χ0v) is 15.4. The number of benzene rings is 1. The molecule has 0 bridgehead atoms. The van der Waals surface area contributed by atoms with E-state index in [0.29, 0.717) is 16.4 Å². The predicted molar refractivity (Wildman–Crippen MR) is 98.5 cm³/mol. The van der Waals surface area contributed by atoms with Crippen LogP contribution in [0.4, 0.5) is 24.5 Å². The monoisotopic (exact) mass is 397 g/mol. The van der Waals surface area contributed by atoms with E-state index in [1.807, 2.05) is 0 Å². The van der Waals surface area contributed by atoms with Crippen LogP contribution in [0.2, 0.25) is 0 Å². The minimum atomic E-state index is -4.44. The van der Waals surface area contributed by atoms with Crippen LogP contribution in [0.3, 0.4) is 0 Å². The summed E-state index contributed by atoms with van der Waals surface area (Å²) in [6.45, 7) is 3.57. The fraction of sp³-hybridized carbons (Fsp3) is 0.278. The first-order valence-electron chi connectivity index (χ1n) is 8.02. The number of halogens is 3. The molecule has 144 valence electrons. The van der Waals surface area contributed by atoms with Crippen molar-refractivity contribution in [3.8, 4) is 0 Å². The van der Waals surface area contributed by atoms with Crippen molar-refractivity contribution >= 4 is 35.0 Å². The molecule has 1 heterocycles. The molecular formula is C18H18F3N3O2S. The zero-order valence-electron chi connectivity index (χ0n) is 14.6. The van der Waals surface area contributed by atoms with Gasteiger partial charge in [0.05, 0.1) is 16.3 Å². The Labute approximate surface area is 158 Å². The molecule has 0 spiro atoms. The van der Waals surface area contributed by atoms with Crippen molar-refractivity contribution in [2.24, 2.45) is 5.92 Å². The minimum absolute atomic E-state index is 0.00417. The first kappa shape index (κ1) is 20.8. The molecule has 2 amide bonds. The van der Waals surface area contributed by atoms with Crippen LogP contribution in [0, 0.1) is 5.92 Å². The van der Waals surface area contributed by atoms with Gasteiger partial charge in [-0.2, -0.15) is 13.2 Å². The van der Waals surface area contributed by atoms with Gasteiger partial charge in [-0.1, -0.05) is 25.6 Å². The number of hydrogen-bond donors (Lipinski definition) is 2. The molecule has 1 aromatic heterocycles. The number of amides is 2. The highest BCUT2D eigenvalue weighted by molar-refractivity contribution is 7.99. The summed E-state index contributed by atoms with van der Waals surface area (Å²) in [5, 5.41) is 5.73. The maximum absolute atomic E-state index is 12.5. The van der Waals surface area contributed by atoms with Gasteiger partial charge in [0.15, 0.2) is 0 Å². The van der Waals surface area contributed by atoms with Crippen LogP contribution < -0.4 is 10.6 Å². The van der Waals surface area contributed by atoms with Crippen LogP contribution in [-0.2, 0) is 15.8 Å². The van der Waals surface area contributed by atoms with E-state index in [-0.39, 0.29) is 23.5 Å². The van der Waals surface area contributed by atoms with Crippen molar-refractivity contribution in [3.05, 3.63) is 48.2 Å². The van der Waals surface area contributed by atoms with Crippen LogP contribution in [0.15, 0.2) is 47.6 Å². The summed E-state index contributed by atoms with van der Waals surface area (Å²) in [6, 6.07) is 8.79. The molecule has 2 rings (SSSR count). The average molecular weight is 397 g/mol. The Morgan fingerprint density at radius 1 is 1.04 bits per heavy atom. The van der Waals surface area contributed by atoms with E-state index >= 15 is 0 Å². The van der Waals surface area contributed by atoms with Gasteiger partial charge in [-0.05, 0) is 36.4 Å². The molecule has 0 unspecified atom stereocenters. The van der Waals surface area contributed by atoms with E-state index in [1.54, 1.807) is 38.1 Å². The van der Waals surface area contributed by atoms with Crippen LogP contribution in [0.1, 0.15) is 19.4 Å². The van der Waals surface area contributed by atoms with Crippen molar-refractivity contribution in [1.29, 1.82) is 0 Å². The fourth-order valence-electron chi connectivity index (χ4n) is 1.89. The topological polar surface area (TPSA) is 71.1 Å². The lowest BCUT2D eigenvalue weighted by Gasteiger charge is -2.09. The molecule has 0 aliphatic rings. The minimum Gasteiger partial charge on any atom is -0.326 e. The standard InChI is InChI=1S/C18H18F3N3O2S/c1-11(2)17(26)24-14-6-4-13(5-7-14)23-15(25)10-27-16-8-3-12(9-22-16)18(19,20)21/h3-9,11H,10H2,1-2H3,(H,23,25)(H,24,26). The van der Waals surface area contributed by atoms with Crippen molar-refractivity contribution in [3.63, 3.8) is 0 Å². The number of anilines is 2. The Bertz CT molecular complexity index is 791. The van der Waals surface area contributed by atoms with E-state index in [0.717, 1.165) is 24.0 Å². The van der Waals surface area contributed by atoms with Gasteiger partial charge in [-0.25, -0.2) is 4.98 Å². The normalized spacial score (nSPS) is 11.3. The Balaban J connectivity index is 1.84. The Kier molecular flexibility index (Phi) is 6.84. The maximum atomic E-state index is 12.5. The van der Waals surface area contributed by atoms with Gasteiger partial charge in [0, 0.05) is 23.5 Å². The lowest BCUT2D eigenvalue weighted by Crippen LogP contribution is -2.18. The van der Waals surface area contributed by atoms with Crippen LogP contribution >= 0.6 is 11.8 Å². The molecule has 5 nitrogen and oxygen atoms in total. The predicted octanol–water partition coefficient (Wildman–Crippen LogP) is 4.43. The molecule has 27 heavy (non-hydrogen) atoms. The van der Waals surface area contributed by atoms with E-state index in [1.165, 1.54) is 6.07 Å². The SMILES string of the molecule is CC(C)C(=O)Nc1ccc(NC(=O)CSc2ccc(C(F)(F)F)cn2)cc1. The number of alkyl halides is 3. The number of carbonyl (C=O) groups excluding carboxylic acids is 2. The molecule has 2 N–H and O–H groups in total. The highest BCUT2D eigenvalue weighted by Crippen LogP contribution is 2.29. The second-order valence-corrected chi connectivity index (χ2v) is 6.94. The van der Waals surface area contributed by atoms with Crippen LogP contribution in [0.25, 0.3) is 0 Å². The number of hydrogen-bond acceptors (Lipinski definition) is 4. The Hall–Kier alpha value is -2.55. The molecule has 1 aromatic carbocycles. The largest absolute Gasteiger partial charge is 0.417 e. The summed E-state index contributed by atoms with van der Waals surface area (Å²) in [4.78, 5) is 27.3. The summed E-state index contributed by atoms with van der Waals surface area (Å²) in [6.07, 6.45) is -3.70. The number of aromatic nitrogens is 1. The van der Waals surface area contributed by atoms with Crippen molar-refractivity contribution < 1.29 is 22.8 Å². The molecule has 0 radical (unpaired) electrons. The fourth-order valence-corrected chi connectivity index (χ4v) is 2.54. The highest BCUT2D eigenvalue weighted by atomic mass is 32.2. The van der Waals surface area contributed by atoms with E-state index < -0.39 is 11.7 Å². The molecule has 9 heteroatoms. The molecule has 2 aromatic rings. The van der Waals surface area contributed by atoms with Crippen molar-refractivity contribution in [2.75, 3.05) is 16.4 Å². The summed E-state index contributed by atoms with van der Waals surface area (Å²) < 4.78 is 37.4. The highest BCUT2D eigenvalue weighted by Gasteiger charge is 2.30. The van der Waals surface area contributed by atoms with Gasteiger partial charge < -0.3 is 10.6 Å². The van der Waals surface area contributed by atoms with Gasteiger partial charge in [0.2, 0.25) is 11.8 Å². The second kappa shape index (κ2) is 8.90. The smallest absolute Gasteiger partial charge is 0.326 e. The number of pyridine rings is 1. The molecule has 0 fully saturated rings. The van der Waals surface area contributed by atoms with Gasteiger partial charge in [0.25, 0.3) is 0 Å². The average Bonchev–Trinajstić information content (AvgIpc) is 2.61. The Morgan fingerprint density at radius 3 is 2.11 bits per heavy atom. The lowest BCUT2D eigenvalue weighted by atomic mass is 10.2. The van der Waals surface area contributed by atoms with Gasteiger partial charge >= 0.3 is 6.18 Å². The van der Waals surface area contributed by atoms with E-state index in [2.05, 4.69) is 15.6 Å². The van der Waals surface area contributed by atoms with Crippen LogP contribution in [0.5, 0.6) is 0 Å². The van der Waals surface area contributed by atoms with Crippen molar-refractivity contribution in [2.45, 2.75) is 25.0 Å². The molecule has 0 aliphatic heterocycles. The molecule has 0 aliphatic carbocycles.